The molecule has 5 rings (SSSR count). The minimum atomic E-state index is -1.05. The molecule has 1 N–H and O–H groups in total. The number of oxazole rings is 1. The number of carbonyl (C=O) groups is 2. The lowest BCUT2D eigenvalue weighted by Crippen LogP contribution is -2.30. The van der Waals surface area contributed by atoms with Crippen molar-refractivity contribution < 1.29 is 18.7 Å². The number of nitrogens with zero attached hydrogens (tertiary/aromatic N) is 2. The molecule has 0 fully saturated rings. The highest BCUT2D eigenvalue weighted by atomic mass is 32.1. The second-order valence-electron chi connectivity index (χ2n) is 7.45. The molecule has 0 aliphatic heterocycles. The number of amides is 1. The molecule has 2 heterocycles. The first-order valence-electron chi connectivity index (χ1n) is 10.0. The summed E-state index contributed by atoms with van der Waals surface area (Å²) in [6.45, 7) is 1.50. The maximum atomic E-state index is 12.8. The van der Waals surface area contributed by atoms with E-state index in [1.165, 1.54) is 36.3 Å². The van der Waals surface area contributed by atoms with Crippen LogP contribution in [0.1, 0.15) is 34.0 Å². The number of benzene rings is 2. The van der Waals surface area contributed by atoms with Gasteiger partial charge in [0.15, 0.2) is 18.1 Å². The van der Waals surface area contributed by atoms with Crippen LogP contribution in [0.2, 0.25) is 0 Å². The second-order valence-corrected chi connectivity index (χ2v) is 8.48. The molecule has 2 aromatic heterocycles. The number of aryl methyl sites for hydroxylation is 1. The molecule has 4 aromatic rings. The lowest BCUT2D eigenvalue weighted by Gasteiger charge is -2.15. The third-order valence-electron chi connectivity index (χ3n) is 5.48. The van der Waals surface area contributed by atoms with E-state index >= 15 is 0 Å². The minimum absolute atomic E-state index is 0.259. The first-order chi connectivity index (χ1) is 15.5. The fourth-order valence-corrected chi connectivity index (χ4v) is 5.09. The van der Waals surface area contributed by atoms with Gasteiger partial charge in [-0.1, -0.05) is 24.3 Å². The number of fused-ring (bicyclic) bond motifs is 4. The number of nitrogens with one attached hydrogen (secondary N) is 1. The Morgan fingerprint density at radius 2 is 2.09 bits per heavy atom. The number of carbonyl (C=O) groups excluding carboxylic acids is 2. The monoisotopic (exact) mass is 443 g/mol. The summed E-state index contributed by atoms with van der Waals surface area (Å²) in [5, 5.41) is 13.0. The second kappa shape index (κ2) is 7.94. The summed E-state index contributed by atoms with van der Waals surface area (Å²) in [6, 6.07) is 15.1. The van der Waals surface area contributed by atoms with Gasteiger partial charge >= 0.3 is 5.97 Å². The van der Waals surface area contributed by atoms with Crippen molar-refractivity contribution in [3.8, 4) is 16.5 Å². The summed E-state index contributed by atoms with van der Waals surface area (Å²) in [5.41, 5.74) is 5.10. The summed E-state index contributed by atoms with van der Waals surface area (Å²) in [7, 11) is 0. The van der Waals surface area contributed by atoms with Gasteiger partial charge in [-0.15, -0.1) is 11.3 Å². The predicted octanol–water partition coefficient (Wildman–Crippen LogP) is 4.71. The fraction of sp³-hybridized carbons (Fsp3) is 0.167. The summed E-state index contributed by atoms with van der Waals surface area (Å²) in [4.78, 5) is 30.2. The number of esters is 1. The average molecular weight is 443 g/mol. The van der Waals surface area contributed by atoms with Crippen molar-refractivity contribution in [2.45, 2.75) is 25.9 Å². The quantitative estimate of drug-likeness (QED) is 0.458. The highest BCUT2D eigenvalue weighted by Gasteiger charge is 2.27. The average Bonchev–Trinajstić information content (AvgIpc) is 3.42. The molecule has 2 aromatic carbocycles. The molecule has 1 aliphatic rings. The number of nitriles is 1. The van der Waals surface area contributed by atoms with Crippen LogP contribution in [-0.4, -0.2) is 23.0 Å². The van der Waals surface area contributed by atoms with Gasteiger partial charge in [0, 0.05) is 4.88 Å². The predicted molar refractivity (Wildman–Crippen MR) is 119 cm³/mol. The Bertz CT molecular complexity index is 1410. The number of aromatic nitrogens is 1. The van der Waals surface area contributed by atoms with Gasteiger partial charge in [-0.05, 0) is 54.7 Å². The molecule has 1 amide bonds. The SMILES string of the molecule is CC(OC(=O)c1ccc2ncoc2c1)C(=O)Nc1sc2c(c1C#N)CCc1ccccc1-2. The zero-order valence-corrected chi connectivity index (χ0v) is 17.9. The fourth-order valence-electron chi connectivity index (χ4n) is 3.82. The van der Waals surface area contributed by atoms with Gasteiger partial charge in [0.25, 0.3) is 5.91 Å². The molecular weight excluding hydrogens is 426 g/mol. The van der Waals surface area contributed by atoms with Crippen LogP contribution in [0.3, 0.4) is 0 Å². The van der Waals surface area contributed by atoms with Gasteiger partial charge in [-0.3, -0.25) is 4.79 Å². The Kier molecular flexibility index (Phi) is 4.96. The molecular formula is C24H17N3O4S. The van der Waals surface area contributed by atoms with Crippen LogP contribution in [-0.2, 0) is 22.4 Å². The Morgan fingerprint density at radius 3 is 2.94 bits per heavy atom. The maximum Gasteiger partial charge on any atom is 0.339 e. The number of anilines is 1. The van der Waals surface area contributed by atoms with Crippen LogP contribution in [0.4, 0.5) is 5.00 Å². The van der Waals surface area contributed by atoms with Crippen molar-refractivity contribution in [2.75, 3.05) is 5.32 Å². The first kappa shape index (κ1) is 20.0. The van der Waals surface area contributed by atoms with E-state index in [1.54, 1.807) is 12.1 Å². The number of rotatable bonds is 4. The molecule has 8 heteroatoms. The third-order valence-corrected chi connectivity index (χ3v) is 6.66. The van der Waals surface area contributed by atoms with Gasteiger partial charge in [0.05, 0.1) is 11.1 Å². The van der Waals surface area contributed by atoms with E-state index < -0.39 is 18.0 Å². The van der Waals surface area contributed by atoms with Gasteiger partial charge in [-0.25, -0.2) is 9.78 Å². The van der Waals surface area contributed by atoms with Crippen LogP contribution in [0.5, 0.6) is 0 Å². The van der Waals surface area contributed by atoms with E-state index in [0.29, 0.717) is 21.7 Å². The van der Waals surface area contributed by atoms with Crippen molar-refractivity contribution in [1.82, 2.24) is 4.98 Å². The van der Waals surface area contributed by atoms with Crippen LogP contribution in [0.15, 0.2) is 53.3 Å². The van der Waals surface area contributed by atoms with E-state index in [-0.39, 0.29) is 5.56 Å². The topological polar surface area (TPSA) is 105 Å². The lowest BCUT2D eigenvalue weighted by molar-refractivity contribution is -0.123. The Hall–Kier alpha value is -3.96. The highest BCUT2D eigenvalue weighted by molar-refractivity contribution is 7.20. The smallest absolute Gasteiger partial charge is 0.339 e. The minimum Gasteiger partial charge on any atom is -0.449 e. The molecule has 32 heavy (non-hydrogen) atoms. The summed E-state index contributed by atoms with van der Waals surface area (Å²) in [5.74, 6) is -1.15. The van der Waals surface area contributed by atoms with Crippen LogP contribution in [0.25, 0.3) is 21.5 Å². The molecule has 0 saturated carbocycles. The van der Waals surface area contributed by atoms with E-state index in [9.17, 15) is 14.9 Å². The van der Waals surface area contributed by atoms with Crippen molar-refractivity contribution in [2.24, 2.45) is 0 Å². The lowest BCUT2D eigenvalue weighted by atomic mass is 9.90. The zero-order chi connectivity index (χ0) is 22.2. The maximum absolute atomic E-state index is 12.8. The molecule has 7 nitrogen and oxygen atoms in total. The standard InChI is InChI=1S/C24H17N3O4S/c1-13(31-24(29)15-7-9-19-20(10-15)30-12-26-19)22(28)27-23-18(11-25)17-8-6-14-4-2-3-5-16(14)21(17)32-23/h2-5,7,9-10,12-13H,6,8H2,1H3,(H,27,28). The van der Waals surface area contributed by atoms with E-state index in [4.69, 9.17) is 9.15 Å². The number of hydrogen-bond donors (Lipinski definition) is 1. The first-order valence-corrected chi connectivity index (χ1v) is 10.9. The highest BCUT2D eigenvalue weighted by Crippen LogP contribution is 2.44. The molecule has 0 spiro atoms. The summed E-state index contributed by atoms with van der Waals surface area (Å²) in [6.07, 6.45) is 1.84. The van der Waals surface area contributed by atoms with Crippen LogP contribution >= 0.6 is 11.3 Å². The number of thiophene rings is 1. The number of hydrogen-bond acceptors (Lipinski definition) is 7. The van der Waals surface area contributed by atoms with E-state index in [0.717, 1.165) is 28.8 Å². The Balaban J connectivity index is 1.34. The van der Waals surface area contributed by atoms with Gasteiger partial charge in [-0.2, -0.15) is 5.26 Å². The van der Waals surface area contributed by atoms with E-state index in [1.807, 2.05) is 18.2 Å². The largest absolute Gasteiger partial charge is 0.449 e. The van der Waals surface area contributed by atoms with Crippen LogP contribution in [0, 0.1) is 11.3 Å². The van der Waals surface area contributed by atoms with Gasteiger partial charge in [0.2, 0.25) is 0 Å². The molecule has 0 radical (unpaired) electrons. The van der Waals surface area contributed by atoms with Gasteiger partial charge in [0.1, 0.15) is 16.6 Å². The molecule has 1 unspecified atom stereocenters. The number of ether oxygens (including phenoxy) is 1. The van der Waals surface area contributed by atoms with Gasteiger partial charge < -0.3 is 14.5 Å². The van der Waals surface area contributed by atoms with Crippen molar-refractivity contribution >= 4 is 39.3 Å². The van der Waals surface area contributed by atoms with Crippen molar-refractivity contribution in [3.05, 3.63) is 71.1 Å². The molecule has 1 aliphatic carbocycles. The molecule has 158 valence electrons. The van der Waals surface area contributed by atoms with Crippen LogP contribution < -0.4 is 5.32 Å². The summed E-state index contributed by atoms with van der Waals surface area (Å²) < 4.78 is 10.5. The summed E-state index contributed by atoms with van der Waals surface area (Å²) >= 11 is 1.38. The molecule has 0 bridgehead atoms. The molecule has 0 saturated heterocycles. The normalized spacial score (nSPS) is 13.0. The zero-order valence-electron chi connectivity index (χ0n) is 17.0. The molecule has 1 atom stereocenters. The Morgan fingerprint density at radius 1 is 1.25 bits per heavy atom. The Labute approximate surface area is 187 Å². The van der Waals surface area contributed by atoms with Crippen molar-refractivity contribution in [1.29, 1.82) is 5.26 Å². The van der Waals surface area contributed by atoms with E-state index in [2.05, 4.69) is 22.4 Å². The van der Waals surface area contributed by atoms with Crippen molar-refractivity contribution in [3.63, 3.8) is 0 Å². The third kappa shape index (κ3) is 3.43.